The van der Waals surface area contributed by atoms with Gasteiger partial charge in [-0.05, 0) is 18.8 Å². The summed E-state index contributed by atoms with van der Waals surface area (Å²) in [6.07, 6.45) is 13.3. The number of rotatable bonds is 7. The SMILES string of the molecule is CCCCCCC([NH])CC1CCCC1. The van der Waals surface area contributed by atoms with Crippen molar-refractivity contribution in [1.82, 2.24) is 5.73 Å². The summed E-state index contributed by atoms with van der Waals surface area (Å²) >= 11 is 0. The second-order valence-electron chi connectivity index (χ2n) is 4.93. The van der Waals surface area contributed by atoms with Crippen LogP contribution in [0.2, 0.25) is 0 Å². The Bertz CT molecular complexity index is 127. The van der Waals surface area contributed by atoms with Crippen molar-refractivity contribution in [1.29, 1.82) is 0 Å². The summed E-state index contributed by atoms with van der Waals surface area (Å²) in [4.78, 5) is 0. The van der Waals surface area contributed by atoms with Gasteiger partial charge in [-0.25, -0.2) is 0 Å². The van der Waals surface area contributed by atoms with Gasteiger partial charge in [-0.3, -0.25) is 5.73 Å². The van der Waals surface area contributed by atoms with Gasteiger partial charge in [-0.2, -0.15) is 0 Å². The van der Waals surface area contributed by atoms with Crippen molar-refractivity contribution in [3.63, 3.8) is 0 Å². The summed E-state index contributed by atoms with van der Waals surface area (Å²) in [7, 11) is 0. The quantitative estimate of drug-likeness (QED) is 0.545. The van der Waals surface area contributed by atoms with Gasteiger partial charge >= 0.3 is 0 Å². The minimum atomic E-state index is 0.245. The standard InChI is InChI=1S/C13H26N/c1-2-3-4-5-10-13(14)11-12-8-6-7-9-12/h12-14H,2-11H2,1H3. The lowest BCUT2D eigenvalue weighted by molar-refractivity contribution is 0.408. The number of hydrogen-bond donors (Lipinski definition) is 0. The molecule has 0 aromatic heterocycles. The Labute approximate surface area is 89.5 Å². The predicted octanol–water partition coefficient (Wildman–Crippen LogP) is 4.19. The van der Waals surface area contributed by atoms with Gasteiger partial charge < -0.3 is 0 Å². The fourth-order valence-electron chi connectivity index (χ4n) is 2.58. The maximum atomic E-state index is 7.97. The second kappa shape index (κ2) is 7.28. The molecule has 1 saturated carbocycles. The molecule has 1 aliphatic carbocycles. The van der Waals surface area contributed by atoms with Crippen molar-refractivity contribution in [2.45, 2.75) is 77.2 Å². The molecule has 83 valence electrons. The molecule has 0 aromatic carbocycles. The molecule has 1 N–H and O–H groups in total. The van der Waals surface area contributed by atoms with Gasteiger partial charge in [0.05, 0.1) is 0 Å². The van der Waals surface area contributed by atoms with Crippen molar-refractivity contribution in [2.75, 3.05) is 0 Å². The third-order valence-electron chi connectivity index (χ3n) is 3.50. The summed E-state index contributed by atoms with van der Waals surface area (Å²) in [5, 5.41) is 0. The molecule has 0 saturated heterocycles. The second-order valence-corrected chi connectivity index (χ2v) is 4.93. The Hall–Kier alpha value is -0.0400. The molecule has 1 nitrogen and oxygen atoms in total. The van der Waals surface area contributed by atoms with E-state index >= 15 is 0 Å². The average Bonchev–Trinajstić information content (AvgIpc) is 2.65. The first-order chi connectivity index (χ1) is 6.83. The summed E-state index contributed by atoms with van der Waals surface area (Å²) in [5.74, 6) is 0.906. The summed E-state index contributed by atoms with van der Waals surface area (Å²) < 4.78 is 0. The Morgan fingerprint density at radius 2 is 1.86 bits per heavy atom. The van der Waals surface area contributed by atoms with Crippen molar-refractivity contribution in [2.24, 2.45) is 5.92 Å². The predicted molar refractivity (Wildman–Crippen MR) is 62.2 cm³/mol. The third-order valence-corrected chi connectivity index (χ3v) is 3.50. The van der Waals surface area contributed by atoms with Gasteiger partial charge in [0.15, 0.2) is 0 Å². The Balaban J connectivity index is 1.95. The minimum Gasteiger partial charge on any atom is -0.255 e. The van der Waals surface area contributed by atoms with E-state index in [0.717, 1.165) is 12.3 Å². The molecule has 14 heavy (non-hydrogen) atoms. The lowest BCUT2D eigenvalue weighted by Gasteiger charge is -2.14. The molecule has 0 heterocycles. The van der Waals surface area contributed by atoms with Crippen LogP contribution in [0.15, 0.2) is 0 Å². The molecule has 0 bridgehead atoms. The molecule has 1 radical (unpaired) electrons. The van der Waals surface area contributed by atoms with E-state index in [4.69, 9.17) is 5.73 Å². The monoisotopic (exact) mass is 196 g/mol. The highest BCUT2D eigenvalue weighted by Gasteiger charge is 2.17. The van der Waals surface area contributed by atoms with Gasteiger partial charge in [0.2, 0.25) is 0 Å². The van der Waals surface area contributed by atoms with Crippen LogP contribution in [0, 0.1) is 5.92 Å². The Kier molecular flexibility index (Phi) is 6.25. The molecule has 1 aliphatic rings. The van der Waals surface area contributed by atoms with E-state index in [1.54, 1.807) is 0 Å². The van der Waals surface area contributed by atoms with Gasteiger partial charge in [0, 0.05) is 6.04 Å². The highest BCUT2D eigenvalue weighted by Crippen LogP contribution is 2.29. The van der Waals surface area contributed by atoms with E-state index in [0.29, 0.717) is 0 Å². The first kappa shape index (κ1) is 12.0. The number of nitrogens with one attached hydrogen (secondary N) is 1. The van der Waals surface area contributed by atoms with E-state index in [-0.39, 0.29) is 6.04 Å². The molecule has 0 aromatic rings. The molecule has 1 atom stereocenters. The molecule has 0 spiro atoms. The smallest absolute Gasteiger partial charge is 0.0215 e. The zero-order chi connectivity index (χ0) is 10.2. The first-order valence-corrected chi connectivity index (χ1v) is 6.54. The van der Waals surface area contributed by atoms with Gasteiger partial charge in [0.25, 0.3) is 0 Å². The van der Waals surface area contributed by atoms with Crippen LogP contribution < -0.4 is 5.73 Å². The molecular formula is C13H26N. The van der Waals surface area contributed by atoms with Gasteiger partial charge in [-0.15, -0.1) is 0 Å². The maximum absolute atomic E-state index is 7.97. The van der Waals surface area contributed by atoms with Crippen LogP contribution in [0.3, 0.4) is 0 Å². The minimum absolute atomic E-state index is 0.245. The van der Waals surface area contributed by atoms with Crippen LogP contribution >= 0.6 is 0 Å². The molecule has 1 unspecified atom stereocenters. The molecule has 0 amide bonds. The van der Waals surface area contributed by atoms with Crippen LogP contribution in [-0.2, 0) is 0 Å². The first-order valence-electron chi connectivity index (χ1n) is 6.54. The molecule has 1 heteroatoms. The molecule has 1 rings (SSSR count). The van der Waals surface area contributed by atoms with Crippen LogP contribution in [0.1, 0.15) is 71.1 Å². The fraction of sp³-hybridized carbons (Fsp3) is 1.00. The zero-order valence-corrected chi connectivity index (χ0v) is 9.73. The topological polar surface area (TPSA) is 23.8 Å². The third kappa shape index (κ3) is 4.99. The van der Waals surface area contributed by atoms with E-state index in [1.807, 2.05) is 0 Å². The lowest BCUT2D eigenvalue weighted by Crippen LogP contribution is -2.13. The summed E-state index contributed by atoms with van der Waals surface area (Å²) in [6.45, 7) is 2.25. The van der Waals surface area contributed by atoms with Crippen molar-refractivity contribution >= 4 is 0 Å². The van der Waals surface area contributed by atoms with Crippen LogP contribution in [0.25, 0.3) is 0 Å². The normalized spacial score (nSPS) is 20.1. The lowest BCUT2D eigenvalue weighted by atomic mass is 9.95. The summed E-state index contributed by atoms with van der Waals surface area (Å²) in [5.41, 5.74) is 7.97. The van der Waals surface area contributed by atoms with Crippen molar-refractivity contribution in [3.8, 4) is 0 Å². The van der Waals surface area contributed by atoms with E-state index in [2.05, 4.69) is 6.92 Å². The highest BCUT2D eigenvalue weighted by atomic mass is 14.6. The molecule has 0 aliphatic heterocycles. The summed E-state index contributed by atoms with van der Waals surface area (Å²) in [6, 6.07) is 0.245. The average molecular weight is 196 g/mol. The largest absolute Gasteiger partial charge is 0.255 e. The van der Waals surface area contributed by atoms with Crippen LogP contribution in [-0.4, -0.2) is 6.04 Å². The molecular weight excluding hydrogens is 170 g/mol. The number of unbranched alkanes of at least 4 members (excludes halogenated alkanes) is 3. The Morgan fingerprint density at radius 1 is 1.14 bits per heavy atom. The highest BCUT2D eigenvalue weighted by molar-refractivity contribution is 4.72. The van der Waals surface area contributed by atoms with E-state index in [1.165, 1.54) is 57.8 Å². The van der Waals surface area contributed by atoms with Gasteiger partial charge in [0.1, 0.15) is 0 Å². The van der Waals surface area contributed by atoms with Crippen molar-refractivity contribution < 1.29 is 0 Å². The van der Waals surface area contributed by atoms with Crippen molar-refractivity contribution in [3.05, 3.63) is 0 Å². The van der Waals surface area contributed by atoms with Gasteiger partial charge in [-0.1, -0.05) is 58.3 Å². The van der Waals surface area contributed by atoms with E-state index in [9.17, 15) is 0 Å². The fourth-order valence-corrected chi connectivity index (χ4v) is 2.58. The molecule has 1 fully saturated rings. The maximum Gasteiger partial charge on any atom is 0.0215 e. The van der Waals surface area contributed by atoms with Crippen LogP contribution in [0.4, 0.5) is 0 Å². The Morgan fingerprint density at radius 3 is 2.50 bits per heavy atom. The van der Waals surface area contributed by atoms with E-state index < -0.39 is 0 Å². The van der Waals surface area contributed by atoms with Crippen LogP contribution in [0.5, 0.6) is 0 Å². The zero-order valence-electron chi connectivity index (χ0n) is 9.73. The number of hydrogen-bond acceptors (Lipinski definition) is 0.